The van der Waals surface area contributed by atoms with Crippen LogP contribution in [0.5, 0.6) is 0 Å². The Morgan fingerprint density at radius 1 is 1.32 bits per heavy atom. The fraction of sp³-hybridized carbons (Fsp3) is 0.273. The van der Waals surface area contributed by atoms with E-state index in [1.165, 1.54) is 0 Å². The molecule has 2 aromatic rings. The summed E-state index contributed by atoms with van der Waals surface area (Å²) in [5, 5.41) is 6.61. The topological polar surface area (TPSA) is 87.7 Å². The second-order valence-corrected chi connectivity index (χ2v) is 6.20. The Bertz CT molecular complexity index is 705. The number of aromatic nitrogens is 3. The monoisotopic (exact) mass is 300 g/mol. The molecule has 0 atom stereocenters. The number of anilines is 1. The highest BCUT2D eigenvalue weighted by molar-refractivity contribution is 7.92. The van der Waals surface area contributed by atoms with Gasteiger partial charge in [0.2, 0.25) is 0 Å². The van der Waals surface area contributed by atoms with E-state index < -0.39 is 10.0 Å². The second kappa shape index (κ2) is 4.82. The molecule has 2 aromatic heterocycles. The third-order valence-electron chi connectivity index (χ3n) is 2.55. The summed E-state index contributed by atoms with van der Waals surface area (Å²) in [6.45, 7) is 5.06. The minimum atomic E-state index is -3.74. The van der Waals surface area contributed by atoms with E-state index in [0.717, 1.165) is 5.56 Å². The van der Waals surface area contributed by atoms with Gasteiger partial charge in [-0.05, 0) is 32.4 Å². The number of hydrogen-bond acceptors (Lipinski definition) is 4. The molecule has 0 spiro atoms. The van der Waals surface area contributed by atoms with Crippen LogP contribution in [-0.2, 0) is 10.0 Å². The van der Waals surface area contributed by atoms with Crippen molar-refractivity contribution in [3.63, 3.8) is 0 Å². The first-order chi connectivity index (χ1) is 8.81. The Balaban J connectivity index is 2.45. The van der Waals surface area contributed by atoms with Crippen LogP contribution in [0.25, 0.3) is 0 Å². The van der Waals surface area contributed by atoms with E-state index >= 15 is 0 Å². The van der Waals surface area contributed by atoms with Crippen LogP contribution in [0, 0.1) is 20.8 Å². The van der Waals surface area contributed by atoms with Crippen molar-refractivity contribution in [2.75, 3.05) is 4.72 Å². The van der Waals surface area contributed by atoms with Crippen molar-refractivity contribution in [3.8, 4) is 0 Å². The number of aromatic amines is 1. The smallest absolute Gasteiger partial charge is 0.265 e. The maximum absolute atomic E-state index is 12.3. The van der Waals surface area contributed by atoms with Crippen LogP contribution in [0.15, 0.2) is 17.2 Å². The summed E-state index contributed by atoms with van der Waals surface area (Å²) >= 11 is 5.88. The lowest BCUT2D eigenvalue weighted by Gasteiger charge is -2.09. The molecule has 2 N–H and O–H groups in total. The van der Waals surface area contributed by atoms with Gasteiger partial charge in [-0.15, -0.1) is 0 Å². The van der Waals surface area contributed by atoms with Crippen molar-refractivity contribution in [1.29, 1.82) is 0 Å². The standard InChI is InChI=1S/C11H13ClN4O2S/c1-6-4-9(11(12)13-5-6)16-19(17,18)10-7(2)14-15-8(10)3/h4-5,16H,1-3H3,(H,14,15). The molecule has 0 bridgehead atoms. The predicted octanol–water partition coefficient (Wildman–Crippen LogP) is 2.18. The number of rotatable bonds is 3. The molecular weight excluding hydrogens is 288 g/mol. The average molecular weight is 301 g/mol. The van der Waals surface area contributed by atoms with Gasteiger partial charge >= 0.3 is 0 Å². The summed E-state index contributed by atoms with van der Waals surface area (Å²) in [4.78, 5) is 4.03. The third-order valence-corrected chi connectivity index (χ3v) is 4.48. The van der Waals surface area contributed by atoms with Gasteiger partial charge in [-0.25, -0.2) is 13.4 Å². The van der Waals surface area contributed by atoms with Crippen molar-refractivity contribution < 1.29 is 8.42 Å². The van der Waals surface area contributed by atoms with Crippen LogP contribution in [-0.4, -0.2) is 23.6 Å². The molecule has 2 rings (SSSR count). The Hall–Kier alpha value is -1.60. The highest BCUT2D eigenvalue weighted by Crippen LogP contribution is 2.25. The second-order valence-electron chi connectivity index (χ2n) is 4.22. The maximum Gasteiger partial charge on any atom is 0.265 e. The lowest BCUT2D eigenvalue weighted by atomic mass is 10.3. The van der Waals surface area contributed by atoms with E-state index in [2.05, 4.69) is 19.9 Å². The number of H-pyrrole nitrogens is 1. The van der Waals surface area contributed by atoms with E-state index in [9.17, 15) is 8.42 Å². The molecule has 0 aliphatic heterocycles. The number of pyridine rings is 1. The molecule has 0 amide bonds. The van der Waals surface area contributed by atoms with Crippen LogP contribution in [0.3, 0.4) is 0 Å². The van der Waals surface area contributed by atoms with Crippen molar-refractivity contribution in [1.82, 2.24) is 15.2 Å². The van der Waals surface area contributed by atoms with E-state index in [-0.39, 0.29) is 15.7 Å². The summed E-state index contributed by atoms with van der Waals surface area (Å²) in [6, 6.07) is 1.62. The first-order valence-corrected chi connectivity index (χ1v) is 7.34. The fourth-order valence-corrected chi connectivity index (χ4v) is 3.39. The molecule has 2 heterocycles. The minimum absolute atomic E-state index is 0.105. The highest BCUT2D eigenvalue weighted by Gasteiger charge is 2.23. The van der Waals surface area contributed by atoms with Crippen molar-refractivity contribution in [2.24, 2.45) is 0 Å². The van der Waals surface area contributed by atoms with Crippen molar-refractivity contribution in [2.45, 2.75) is 25.7 Å². The summed E-state index contributed by atoms with van der Waals surface area (Å²) in [6.07, 6.45) is 1.56. The lowest BCUT2D eigenvalue weighted by molar-refractivity contribution is 0.600. The summed E-state index contributed by atoms with van der Waals surface area (Å²) in [5.41, 5.74) is 1.94. The van der Waals surface area contributed by atoms with Gasteiger partial charge in [-0.3, -0.25) is 9.82 Å². The molecule has 8 heteroatoms. The number of nitrogens with one attached hydrogen (secondary N) is 2. The zero-order valence-electron chi connectivity index (χ0n) is 10.7. The van der Waals surface area contributed by atoms with Crippen LogP contribution in [0.4, 0.5) is 5.69 Å². The molecule has 0 aromatic carbocycles. The first kappa shape index (κ1) is 13.8. The summed E-state index contributed by atoms with van der Waals surface area (Å²) in [7, 11) is -3.74. The van der Waals surface area contributed by atoms with Gasteiger partial charge in [0.15, 0.2) is 5.15 Å². The van der Waals surface area contributed by atoms with Gasteiger partial charge in [-0.2, -0.15) is 5.10 Å². The van der Waals surface area contributed by atoms with Crippen LogP contribution >= 0.6 is 11.6 Å². The van der Waals surface area contributed by atoms with E-state index in [1.54, 1.807) is 33.0 Å². The zero-order valence-corrected chi connectivity index (χ0v) is 12.2. The molecule has 0 aliphatic rings. The van der Waals surface area contributed by atoms with Gasteiger partial charge in [0.05, 0.1) is 17.1 Å². The Labute approximate surface area is 116 Å². The number of halogens is 1. The predicted molar refractivity (Wildman–Crippen MR) is 72.9 cm³/mol. The van der Waals surface area contributed by atoms with Crippen molar-refractivity contribution >= 4 is 27.3 Å². The molecule has 0 saturated carbocycles. The van der Waals surface area contributed by atoms with E-state index in [4.69, 9.17) is 11.6 Å². The first-order valence-electron chi connectivity index (χ1n) is 5.48. The SMILES string of the molecule is Cc1cnc(Cl)c(NS(=O)(=O)c2c(C)n[nH]c2C)c1. The fourth-order valence-electron chi connectivity index (χ4n) is 1.76. The molecule has 0 unspecified atom stereocenters. The largest absolute Gasteiger partial charge is 0.281 e. The zero-order chi connectivity index (χ0) is 14.2. The molecule has 19 heavy (non-hydrogen) atoms. The Morgan fingerprint density at radius 2 is 2.00 bits per heavy atom. The normalized spacial score (nSPS) is 11.6. The van der Waals surface area contributed by atoms with Gasteiger partial charge in [0, 0.05) is 6.20 Å². The van der Waals surface area contributed by atoms with E-state index in [1.807, 2.05) is 0 Å². The van der Waals surface area contributed by atoms with Crippen molar-refractivity contribution in [3.05, 3.63) is 34.4 Å². The number of nitrogens with zero attached hydrogens (tertiary/aromatic N) is 2. The number of aryl methyl sites for hydroxylation is 3. The molecule has 6 nitrogen and oxygen atoms in total. The highest BCUT2D eigenvalue weighted by atomic mass is 35.5. The molecule has 102 valence electrons. The molecule has 0 fully saturated rings. The minimum Gasteiger partial charge on any atom is -0.281 e. The molecule has 0 saturated heterocycles. The lowest BCUT2D eigenvalue weighted by Crippen LogP contribution is -2.15. The Morgan fingerprint density at radius 3 is 2.58 bits per heavy atom. The van der Waals surface area contributed by atoms with E-state index in [0.29, 0.717) is 11.4 Å². The van der Waals surface area contributed by atoms with Crippen LogP contribution in [0.2, 0.25) is 5.15 Å². The maximum atomic E-state index is 12.3. The van der Waals surface area contributed by atoms with Crippen LogP contribution < -0.4 is 4.72 Å². The summed E-state index contributed by atoms with van der Waals surface area (Å²) < 4.78 is 27.0. The molecular formula is C11H13ClN4O2S. The van der Waals surface area contributed by atoms with Gasteiger partial charge in [-0.1, -0.05) is 11.6 Å². The number of sulfonamides is 1. The molecule has 0 radical (unpaired) electrons. The quantitative estimate of drug-likeness (QED) is 0.851. The van der Waals surface area contributed by atoms with Gasteiger partial charge in [0.25, 0.3) is 10.0 Å². The third kappa shape index (κ3) is 2.71. The Kier molecular flexibility index (Phi) is 3.51. The average Bonchev–Trinajstić information content (AvgIpc) is 2.64. The number of hydrogen-bond donors (Lipinski definition) is 2. The van der Waals surface area contributed by atoms with Gasteiger partial charge < -0.3 is 0 Å². The molecule has 0 aliphatic carbocycles. The van der Waals surface area contributed by atoms with Gasteiger partial charge in [0.1, 0.15) is 4.90 Å². The summed E-state index contributed by atoms with van der Waals surface area (Å²) in [5.74, 6) is 0. The van der Waals surface area contributed by atoms with Crippen LogP contribution in [0.1, 0.15) is 17.0 Å².